The van der Waals surface area contributed by atoms with Crippen LogP contribution in [-0.4, -0.2) is 10.1 Å². The molecule has 3 nitrogen and oxygen atoms in total. The maximum Gasteiger partial charge on any atom is 0.174 e. The summed E-state index contributed by atoms with van der Waals surface area (Å²) in [6.45, 7) is 2.17. The first-order valence-corrected chi connectivity index (χ1v) is 10.6. The fraction of sp³-hybridized carbons (Fsp3) is 0.200. The first-order valence-electron chi connectivity index (χ1n) is 8.51. The average molecular weight is 444 g/mol. The number of hydrogen-bond donors (Lipinski definition) is 1. The summed E-state index contributed by atoms with van der Waals surface area (Å²) in [5.74, 6) is 0. The molecule has 2 aromatic heterocycles. The van der Waals surface area contributed by atoms with Gasteiger partial charge >= 0.3 is 0 Å². The molecule has 1 aliphatic heterocycles. The Morgan fingerprint density at radius 1 is 1.23 bits per heavy atom. The molecule has 0 radical (unpaired) electrons. The van der Waals surface area contributed by atoms with Gasteiger partial charge in [-0.1, -0.05) is 25.1 Å². The van der Waals surface area contributed by atoms with Gasteiger partial charge in [0.1, 0.15) is 0 Å². The topological polar surface area (TPSA) is 28.2 Å². The zero-order chi connectivity index (χ0) is 18.1. The van der Waals surface area contributed by atoms with Crippen LogP contribution in [0.2, 0.25) is 0 Å². The molecule has 26 heavy (non-hydrogen) atoms. The van der Waals surface area contributed by atoms with Crippen LogP contribution in [0.15, 0.2) is 64.6 Å². The second-order valence-corrected chi connectivity index (χ2v) is 8.43. The van der Waals surface area contributed by atoms with E-state index in [4.69, 9.17) is 12.2 Å². The zero-order valence-corrected chi connectivity index (χ0v) is 17.4. The maximum atomic E-state index is 5.72. The highest BCUT2D eigenvalue weighted by Gasteiger charge is 2.41. The van der Waals surface area contributed by atoms with Crippen molar-refractivity contribution in [2.75, 3.05) is 4.90 Å². The second-order valence-electron chi connectivity index (χ2n) is 6.18. The summed E-state index contributed by atoms with van der Waals surface area (Å²) in [5.41, 5.74) is 3.42. The van der Waals surface area contributed by atoms with E-state index in [0.717, 1.165) is 27.4 Å². The number of thiophene rings is 1. The lowest BCUT2D eigenvalue weighted by Crippen LogP contribution is -2.29. The number of halogens is 1. The predicted octanol–water partition coefficient (Wildman–Crippen LogP) is 5.65. The Morgan fingerprint density at radius 3 is 2.65 bits per heavy atom. The van der Waals surface area contributed by atoms with Crippen molar-refractivity contribution in [3.05, 3.63) is 80.7 Å². The molecule has 4 rings (SSSR count). The lowest BCUT2D eigenvalue weighted by Gasteiger charge is -2.27. The molecule has 0 bridgehead atoms. The minimum absolute atomic E-state index is 0.0140. The van der Waals surface area contributed by atoms with Crippen molar-refractivity contribution in [3.63, 3.8) is 0 Å². The summed E-state index contributed by atoms with van der Waals surface area (Å²) in [5, 5.41) is 6.34. The number of benzene rings is 1. The number of aromatic nitrogens is 1. The number of hydrogen-bond acceptors (Lipinski definition) is 3. The molecule has 6 heteroatoms. The molecule has 1 aliphatic rings. The number of anilines is 1. The van der Waals surface area contributed by atoms with Crippen LogP contribution in [0, 0.1) is 0 Å². The van der Waals surface area contributed by atoms with Gasteiger partial charge in [0.05, 0.1) is 17.8 Å². The van der Waals surface area contributed by atoms with Crippen LogP contribution in [0.5, 0.6) is 0 Å². The monoisotopic (exact) mass is 443 g/mol. The first-order chi connectivity index (χ1) is 12.7. The van der Waals surface area contributed by atoms with Gasteiger partial charge < -0.3 is 10.2 Å². The Morgan fingerprint density at radius 2 is 2.04 bits per heavy atom. The van der Waals surface area contributed by atoms with Crippen molar-refractivity contribution < 1.29 is 0 Å². The quantitative estimate of drug-likeness (QED) is 0.527. The molecular formula is C20H18BrN3S2. The number of nitrogens with one attached hydrogen (secondary N) is 1. The average Bonchev–Trinajstić information content (AvgIpc) is 3.25. The van der Waals surface area contributed by atoms with Gasteiger partial charge in [-0.3, -0.25) is 4.98 Å². The van der Waals surface area contributed by atoms with E-state index >= 15 is 0 Å². The number of pyridine rings is 1. The Kier molecular flexibility index (Phi) is 5.07. The summed E-state index contributed by atoms with van der Waals surface area (Å²) in [6, 6.07) is 16.9. The van der Waals surface area contributed by atoms with Crippen LogP contribution in [0.1, 0.15) is 35.1 Å². The van der Waals surface area contributed by atoms with Crippen LogP contribution in [0.3, 0.4) is 0 Å². The van der Waals surface area contributed by atoms with Crippen molar-refractivity contribution in [1.29, 1.82) is 0 Å². The third-order valence-electron chi connectivity index (χ3n) is 4.60. The van der Waals surface area contributed by atoms with Crippen LogP contribution >= 0.6 is 39.5 Å². The molecule has 1 N–H and O–H groups in total. The number of rotatable bonds is 4. The molecule has 132 valence electrons. The van der Waals surface area contributed by atoms with Crippen molar-refractivity contribution in [2.24, 2.45) is 0 Å². The van der Waals surface area contributed by atoms with Gasteiger partial charge in [-0.05, 0) is 70.5 Å². The van der Waals surface area contributed by atoms with Crippen LogP contribution in [0.25, 0.3) is 0 Å². The van der Waals surface area contributed by atoms with Gasteiger partial charge in [-0.2, -0.15) is 0 Å². The van der Waals surface area contributed by atoms with Crippen molar-refractivity contribution in [2.45, 2.75) is 25.4 Å². The van der Waals surface area contributed by atoms with Gasteiger partial charge in [0.2, 0.25) is 0 Å². The van der Waals surface area contributed by atoms with Gasteiger partial charge in [0.25, 0.3) is 0 Å². The molecule has 0 amide bonds. The van der Waals surface area contributed by atoms with Gasteiger partial charge in [0.15, 0.2) is 5.11 Å². The van der Waals surface area contributed by atoms with Gasteiger partial charge in [-0.25, -0.2) is 0 Å². The summed E-state index contributed by atoms with van der Waals surface area (Å²) < 4.78 is 1.09. The van der Waals surface area contributed by atoms with Crippen LogP contribution < -0.4 is 10.2 Å². The third-order valence-corrected chi connectivity index (χ3v) is 6.68. The summed E-state index contributed by atoms with van der Waals surface area (Å²) in [7, 11) is 0. The molecule has 1 saturated heterocycles. The second kappa shape index (κ2) is 7.47. The third kappa shape index (κ3) is 3.29. The molecule has 0 unspecified atom stereocenters. The normalized spacial score (nSPS) is 19.6. The molecular weight excluding hydrogens is 426 g/mol. The molecule has 2 atom stereocenters. The molecule has 3 aromatic rings. The van der Waals surface area contributed by atoms with Crippen LogP contribution in [0.4, 0.5) is 5.69 Å². The summed E-state index contributed by atoms with van der Waals surface area (Å²) in [6.07, 6.45) is 2.86. The number of thiocarbonyl (C=S) groups is 1. The smallest absolute Gasteiger partial charge is 0.174 e. The van der Waals surface area contributed by atoms with E-state index < -0.39 is 0 Å². The van der Waals surface area contributed by atoms with E-state index in [1.165, 1.54) is 10.4 Å². The Hall–Kier alpha value is -1.76. The van der Waals surface area contributed by atoms with E-state index in [1.807, 2.05) is 18.3 Å². The minimum atomic E-state index is 0.0140. The molecule has 1 fully saturated rings. The van der Waals surface area contributed by atoms with E-state index in [2.05, 4.69) is 79.8 Å². The highest BCUT2D eigenvalue weighted by molar-refractivity contribution is 9.10. The predicted molar refractivity (Wildman–Crippen MR) is 116 cm³/mol. The molecule has 3 heterocycles. The summed E-state index contributed by atoms with van der Waals surface area (Å²) >= 11 is 11.1. The van der Waals surface area contributed by atoms with Gasteiger partial charge in [0, 0.05) is 26.6 Å². The Bertz CT molecular complexity index is 908. The highest BCUT2D eigenvalue weighted by Crippen LogP contribution is 2.44. The first kappa shape index (κ1) is 17.6. The Balaban J connectivity index is 1.79. The minimum Gasteiger partial charge on any atom is -0.351 e. The zero-order valence-electron chi connectivity index (χ0n) is 14.2. The molecule has 1 aromatic carbocycles. The van der Waals surface area contributed by atoms with Gasteiger partial charge in [-0.15, -0.1) is 11.3 Å². The summed E-state index contributed by atoms with van der Waals surface area (Å²) in [4.78, 5) is 8.04. The fourth-order valence-electron chi connectivity index (χ4n) is 3.30. The SMILES string of the molecule is CCc1ccc(N2C(=S)N[C@@H](c3ccccn3)[C@@H]2c2cc(Br)cs2)cc1. The lowest BCUT2D eigenvalue weighted by atomic mass is 10.0. The molecule has 0 spiro atoms. The molecule has 0 aliphatic carbocycles. The maximum absolute atomic E-state index is 5.72. The highest BCUT2D eigenvalue weighted by atomic mass is 79.9. The lowest BCUT2D eigenvalue weighted by molar-refractivity contribution is 0.575. The van der Waals surface area contributed by atoms with Crippen molar-refractivity contribution in [3.8, 4) is 0 Å². The van der Waals surface area contributed by atoms with E-state index in [-0.39, 0.29) is 12.1 Å². The van der Waals surface area contributed by atoms with Crippen LogP contribution in [-0.2, 0) is 6.42 Å². The van der Waals surface area contributed by atoms with Crippen molar-refractivity contribution in [1.82, 2.24) is 10.3 Å². The molecule has 0 saturated carbocycles. The Labute approximate surface area is 171 Å². The largest absolute Gasteiger partial charge is 0.351 e. The number of nitrogens with zero attached hydrogens (tertiary/aromatic N) is 2. The van der Waals surface area contributed by atoms with E-state index in [0.29, 0.717) is 0 Å². The standard InChI is InChI=1S/C20H18BrN3S2/c1-2-13-6-8-15(9-7-13)24-19(17-11-14(21)12-26-17)18(23-20(24)25)16-5-3-4-10-22-16/h3-12,18-19H,2H2,1H3,(H,23,25)/t18-,19-/m0/s1. The van der Waals surface area contributed by atoms with E-state index in [9.17, 15) is 0 Å². The fourth-order valence-corrected chi connectivity index (χ4v) is 5.21. The number of aryl methyl sites for hydroxylation is 1. The van der Waals surface area contributed by atoms with E-state index in [1.54, 1.807) is 11.3 Å². The van der Waals surface area contributed by atoms with Crippen molar-refractivity contribution >= 4 is 50.3 Å².